The number of fused-ring (bicyclic) bond motifs is 1. The highest BCUT2D eigenvalue weighted by atomic mass is 16.5. The van der Waals surface area contributed by atoms with Crippen molar-refractivity contribution in [1.82, 2.24) is 9.97 Å². The number of benzene rings is 3. The molecule has 32 heavy (non-hydrogen) atoms. The quantitative estimate of drug-likeness (QED) is 0.463. The predicted molar refractivity (Wildman–Crippen MR) is 129 cm³/mol. The van der Waals surface area contributed by atoms with Crippen LogP contribution in [0.5, 0.6) is 11.5 Å². The first-order chi connectivity index (χ1) is 15.8. The van der Waals surface area contributed by atoms with Crippen LogP contribution in [0.25, 0.3) is 22.3 Å². The fourth-order valence-corrected chi connectivity index (χ4v) is 4.22. The SMILES string of the molecule is COc1ccc(-c2nc(N3CCN(c4ccccc4)CC3)c3ccccc3n2)cc1OC. The molecule has 1 saturated heterocycles. The molecule has 0 aliphatic carbocycles. The van der Waals surface area contributed by atoms with E-state index in [1.807, 2.05) is 36.4 Å². The minimum absolute atomic E-state index is 0.666. The topological polar surface area (TPSA) is 50.7 Å². The van der Waals surface area contributed by atoms with Crippen LogP contribution >= 0.6 is 0 Å². The monoisotopic (exact) mass is 426 g/mol. The Kier molecular flexibility index (Phi) is 5.50. The second kappa shape index (κ2) is 8.75. The molecule has 0 spiro atoms. The smallest absolute Gasteiger partial charge is 0.162 e. The Bertz CT molecular complexity index is 1220. The van der Waals surface area contributed by atoms with Crippen LogP contribution < -0.4 is 19.3 Å². The number of rotatable bonds is 5. The van der Waals surface area contributed by atoms with Gasteiger partial charge in [-0.2, -0.15) is 0 Å². The number of nitrogens with zero attached hydrogens (tertiary/aromatic N) is 4. The van der Waals surface area contributed by atoms with Crippen LogP contribution in [0.1, 0.15) is 0 Å². The van der Waals surface area contributed by atoms with Crippen molar-refractivity contribution in [2.24, 2.45) is 0 Å². The lowest BCUT2D eigenvalue weighted by atomic mass is 10.1. The molecular weight excluding hydrogens is 400 g/mol. The van der Waals surface area contributed by atoms with E-state index in [-0.39, 0.29) is 0 Å². The number of hydrogen-bond donors (Lipinski definition) is 0. The summed E-state index contributed by atoms with van der Waals surface area (Å²) in [5.41, 5.74) is 3.11. The van der Waals surface area contributed by atoms with E-state index in [9.17, 15) is 0 Å². The number of piperazine rings is 1. The van der Waals surface area contributed by atoms with Crippen molar-refractivity contribution in [3.8, 4) is 22.9 Å². The normalized spacial score (nSPS) is 13.9. The minimum atomic E-state index is 0.666. The van der Waals surface area contributed by atoms with E-state index in [0.29, 0.717) is 17.3 Å². The zero-order valence-corrected chi connectivity index (χ0v) is 18.4. The summed E-state index contributed by atoms with van der Waals surface area (Å²) in [5, 5.41) is 1.07. The number of para-hydroxylation sites is 2. The van der Waals surface area contributed by atoms with Crippen molar-refractivity contribution in [3.63, 3.8) is 0 Å². The first kappa shape index (κ1) is 20.1. The van der Waals surface area contributed by atoms with Crippen molar-refractivity contribution < 1.29 is 9.47 Å². The van der Waals surface area contributed by atoms with Gasteiger partial charge in [-0.3, -0.25) is 0 Å². The minimum Gasteiger partial charge on any atom is -0.493 e. The lowest BCUT2D eigenvalue weighted by Crippen LogP contribution is -2.47. The van der Waals surface area contributed by atoms with E-state index in [2.05, 4.69) is 46.2 Å². The summed E-state index contributed by atoms with van der Waals surface area (Å²) in [6.45, 7) is 3.71. The Morgan fingerprint density at radius 2 is 1.38 bits per heavy atom. The van der Waals surface area contributed by atoms with Crippen molar-refractivity contribution in [1.29, 1.82) is 0 Å². The van der Waals surface area contributed by atoms with Gasteiger partial charge >= 0.3 is 0 Å². The molecule has 1 aromatic heterocycles. The molecule has 1 aliphatic rings. The van der Waals surface area contributed by atoms with Gasteiger partial charge in [-0.15, -0.1) is 0 Å². The van der Waals surface area contributed by atoms with E-state index >= 15 is 0 Å². The number of hydrogen-bond acceptors (Lipinski definition) is 6. The molecule has 1 fully saturated rings. The molecule has 1 aliphatic heterocycles. The standard InChI is InChI=1S/C26H26N4O2/c1-31-23-13-12-19(18-24(23)32-2)25-27-22-11-7-6-10-21(22)26(28-25)30-16-14-29(15-17-30)20-8-4-3-5-9-20/h3-13,18H,14-17H2,1-2H3. The van der Waals surface area contributed by atoms with Gasteiger partial charge in [0.25, 0.3) is 0 Å². The van der Waals surface area contributed by atoms with Crippen molar-refractivity contribution in [2.45, 2.75) is 0 Å². The van der Waals surface area contributed by atoms with Crippen LogP contribution in [0.4, 0.5) is 11.5 Å². The first-order valence-electron chi connectivity index (χ1n) is 10.8. The lowest BCUT2D eigenvalue weighted by Gasteiger charge is -2.37. The molecule has 0 amide bonds. The molecule has 0 N–H and O–H groups in total. The average Bonchev–Trinajstić information content (AvgIpc) is 2.88. The van der Waals surface area contributed by atoms with Gasteiger partial charge in [0.1, 0.15) is 5.82 Å². The molecule has 0 atom stereocenters. The highest BCUT2D eigenvalue weighted by molar-refractivity contribution is 5.91. The molecule has 0 saturated carbocycles. The zero-order chi connectivity index (χ0) is 21.9. The van der Waals surface area contributed by atoms with Gasteiger partial charge in [-0.05, 0) is 42.5 Å². The maximum atomic E-state index is 5.49. The van der Waals surface area contributed by atoms with E-state index in [1.165, 1.54) is 5.69 Å². The highest BCUT2D eigenvalue weighted by Gasteiger charge is 2.21. The maximum Gasteiger partial charge on any atom is 0.162 e. The largest absolute Gasteiger partial charge is 0.493 e. The molecule has 3 aromatic carbocycles. The Hall–Kier alpha value is -3.80. The number of aromatic nitrogens is 2. The Balaban J connectivity index is 1.50. The van der Waals surface area contributed by atoms with Crippen LogP contribution in [-0.4, -0.2) is 50.4 Å². The third kappa shape index (κ3) is 3.80. The average molecular weight is 427 g/mol. The van der Waals surface area contributed by atoms with E-state index in [0.717, 1.165) is 48.5 Å². The molecule has 0 radical (unpaired) electrons. The molecule has 2 heterocycles. The summed E-state index contributed by atoms with van der Waals surface area (Å²) < 4.78 is 10.9. The van der Waals surface area contributed by atoms with Crippen LogP contribution in [-0.2, 0) is 0 Å². The number of ether oxygens (including phenoxy) is 2. The van der Waals surface area contributed by atoms with Gasteiger partial charge in [0, 0.05) is 42.8 Å². The molecule has 4 aromatic rings. The summed E-state index contributed by atoms with van der Waals surface area (Å²) >= 11 is 0. The van der Waals surface area contributed by atoms with Crippen LogP contribution in [0.3, 0.4) is 0 Å². The second-order valence-corrected chi connectivity index (χ2v) is 7.77. The van der Waals surface area contributed by atoms with E-state index < -0.39 is 0 Å². The number of methoxy groups -OCH3 is 2. The van der Waals surface area contributed by atoms with Crippen molar-refractivity contribution in [3.05, 3.63) is 72.8 Å². The maximum absolute atomic E-state index is 5.49. The molecule has 162 valence electrons. The van der Waals surface area contributed by atoms with Gasteiger partial charge in [0.15, 0.2) is 17.3 Å². The zero-order valence-electron chi connectivity index (χ0n) is 18.4. The van der Waals surface area contributed by atoms with Gasteiger partial charge in [0.05, 0.1) is 19.7 Å². The summed E-state index contributed by atoms with van der Waals surface area (Å²) in [6.07, 6.45) is 0. The van der Waals surface area contributed by atoms with E-state index in [1.54, 1.807) is 14.2 Å². The van der Waals surface area contributed by atoms with Gasteiger partial charge in [-0.1, -0.05) is 30.3 Å². The lowest BCUT2D eigenvalue weighted by molar-refractivity contribution is 0.355. The van der Waals surface area contributed by atoms with Gasteiger partial charge in [-0.25, -0.2) is 9.97 Å². The molecule has 5 rings (SSSR count). The van der Waals surface area contributed by atoms with Gasteiger partial charge < -0.3 is 19.3 Å². The fraction of sp³-hybridized carbons (Fsp3) is 0.231. The third-order valence-corrected chi connectivity index (χ3v) is 5.93. The van der Waals surface area contributed by atoms with Crippen LogP contribution in [0.2, 0.25) is 0 Å². The highest BCUT2D eigenvalue weighted by Crippen LogP contribution is 2.33. The summed E-state index contributed by atoms with van der Waals surface area (Å²) in [7, 11) is 3.28. The molecule has 0 bridgehead atoms. The Labute approximate surface area is 188 Å². The number of anilines is 2. The van der Waals surface area contributed by atoms with Crippen molar-refractivity contribution >= 4 is 22.4 Å². The Morgan fingerprint density at radius 3 is 2.12 bits per heavy atom. The molecule has 6 heteroatoms. The van der Waals surface area contributed by atoms with Crippen molar-refractivity contribution in [2.75, 3.05) is 50.2 Å². The summed E-state index contributed by atoms with van der Waals surface area (Å²) in [6, 6.07) is 24.6. The molecule has 6 nitrogen and oxygen atoms in total. The summed E-state index contributed by atoms with van der Waals surface area (Å²) in [5.74, 6) is 3.02. The molecular formula is C26H26N4O2. The fourth-order valence-electron chi connectivity index (χ4n) is 4.22. The van der Waals surface area contributed by atoms with Crippen LogP contribution in [0.15, 0.2) is 72.8 Å². The van der Waals surface area contributed by atoms with Gasteiger partial charge in [0.2, 0.25) is 0 Å². The summed E-state index contributed by atoms with van der Waals surface area (Å²) in [4.78, 5) is 14.7. The first-order valence-corrected chi connectivity index (χ1v) is 10.8. The Morgan fingerprint density at radius 1 is 0.688 bits per heavy atom. The van der Waals surface area contributed by atoms with Crippen LogP contribution in [0, 0.1) is 0 Å². The predicted octanol–water partition coefficient (Wildman–Crippen LogP) is 4.64. The second-order valence-electron chi connectivity index (χ2n) is 7.77. The third-order valence-electron chi connectivity index (χ3n) is 5.93. The molecule has 0 unspecified atom stereocenters. The van der Waals surface area contributed by atoms with E-state index in [4.69, 9.17) is 19.4 Å².